The van der Waals surface area contributed by atoms with Gasteiger partial charge >= 0.3 is 6.03 Å². The predicted molar refractivity (Wildman–Crippen MR) is 94.0 cm³/mol. The summed E-state index contributed by atoms with van der Waals surface area (Å²) >= 11 is 2.53. The van der Waals surface area contributed by atoms with Gasteiger partial charge in [-0.25, -0.2) is 22.9 Å². The Morgan fingerprint density at radius 1 is 1.17 bits per heavy atom. The monoisotopic (exact) mass is 373 g/mol. The van der Waals surface area contributed by atoms with Gasteiger partial charge in [0.2, 0.25) is 0 Å². The van der Waals surface area contributed by atoms with Crippen molar-refractivity contribution in [2.75, 3.05) is 5.32 Å². The van der Waals surface area contributed by atoms with Crippen molar-refractivity contribution in [2.24, 2.45) is 0 Å². The van der Waals surface area contributed by atoms with Crippen LogP contribution in [0.5, 0.6) is 0 Å². The summed E-state index contributed by atoms with van der Waals surface area (Å²) in [5, 5.41) is 2.87. The number of aromatic nitrogens is 1. The van der Waals surface area contributed by atoms with Crippen LogP contribution in [0.3, 0.4) is 0 Å². The smallest absolute Gasteiger partial charge is 0.283 e. The standard InChI is InChI=1S/C14H19N3O3S3/c1-5-10-8(3)7-12(21-10)23(19,20)17-13(18)16-14-15-9(4)11(6-2)22-14/h7H,5-6H2,1-4H3,(H2,15,16,17,18). The average Bonchev–Trinajstić information content (AvgIpc) is 3.01. The largest absolute Gasteiger partial charge is 0.334 e. The zero-order chi connectivity index (χ0) is 17.2. The van der Waals surface area contributed by atoms with Crippen LogP contribution in [0.1, 0.15) is 34.9 Å². The third-order valence-electron chi connectivity index (χ3n) is 3.25. The van der Waals surface area contributed by atoms with Crippen LogP contribution in [0, 0.1) is 13.8 Å². The van der Waals surface area contributed by atoms with Crippen molar-refractivity contribution < 1.29 is 13.2 Å². The third-order valence-corrected chi connectivity index (χ3v) is 7.65. The van der Waals surface area contributed by atoms with Gasteiger partial charge in [-0.1, -0.05) is 13.8 Å². The Labute approximate surface area is 144 Å². The second-order valence-corrected chi connectivity index (χ2v) is 9.10. The van der Waals surface area contributed by atoms with Crippen molar-refractivity contribution in [1.82, 2.24) is 9.71 Å². The van der Waals surface area contributed by atoms with Crippen molar-refractivity contribution in [1.29, 1.82) is 0 Å². The molecule has 0 aliphatic heterocycles. The molecule has 2 aromatic heterocycles. The van der Waals surface area contributed by atoms with Crippen LogP contribution in [-0.4, -0.2) is 19.4 Å². The zero-order valence-corrected chi connectivity index (χ0v) is 15.8. The second kappa shape index (κ2) is 6.98. The van der Waals surface area contributed by atoms with Gasteiger partial charge in [0.15, 0.2) is 5.13 Å². The van der Waals surface area contributed by atoms with Crippen LogP contribution in [0.25, 0.3) is 0 Å². The second-order valence-electron chi connectivity index (χ2n) is 4.97. The highest BCUT2D eigenvalue weighted by Gasteiger charge is 2.22. The molecule has 23 heavy (non-hydrogen) atoms. The van der Waals surface area contributed by atoms with Gasteiger partial charge in [0.25, 0.3) is 10.0 Å². The van der Waals surface area contributed by atoms with Crippen LogP contribution >= 0.6 is 22.7 Å². The predicted octanol–water partition coefficient (Wildman–Crippen LogP) is 3.46. The number of thiophene rings is 1. The van der Waals surface area contributed by atoms with E-state index in [1.54, 1.807) is 6.07 Å². The van der Waals surface area contributed by atoms with Gasteiger partial charge in [-0.2, -0.15) is 0 Å². The minimum absolute atomic E-state index is 0.145. The Bertz CT molecular complexity index is 822. The number of carbonyl (C=O) groups is 1. The van der Waals surface area contributed by atoms with Gasteiger partial charge < -0.3 is 0 Å². The van der Waals surface area contributed by atoms with Crippen molar-refractivity contribution in [3.8, 4) is 0 Å². The maximum atomic E-state index is 12.3. The van der Waals surface area contributed by atoms with Gasteiger partial charge in [0.1, 0.15) is 4.21 Å². The lowest BCUT2D eigenvalue weighted by atomic mass is 10.2. The third kappa shape index (κ3) is 4.10. The van der Waals surface area contributed by atoms with E-state index in [0.29, 0.717) is 5.13 Å². The molecule has 0 aliphatic rings. The number of rotatable bonds is 5. The Balaban J connectivity index is 2.11. The van der Waals surface area contributed by atoms with E-state index in [-0.39, 0.29) is 4.21 Å². The first-order chi connectivity index (χ1) is 10.8. The number of hydrogen-bond acceptors (Lipinski definition) is 6. The van der Waals surface area contributed by atoms with Crippen molar-refractivity contribution in [2.45, 2.75) is 44.7 Å². The summed E-state index contributed by atoms with van der Waals surface area (Å²) in [4.78, 5) is 18.2. The molecule has 0 aliphatic carbocycles. The number of urea groups is 1. The Kier molecular flexibility index (Phi) is 5.43. The highest BCUT2D eigenvalue weighted by atomic mass is 32.2. The molecule has 2 rings (SSSR count). The molecular weight excluding hydrogens is 354 g/mol. The van der Waals surface area contributed by atoms with Gasteiger partial charge in [0, 0.05) is 9.75 Å². The minimum Gasteiger partial charge on any atom is -0.283 e. The van der Waals surface area contributed by atoms with E-state index < -0.39 is 16.1 Å². The Hall–Kier alpha value is -1.45. The fourth-order valence-corrected chi connectivity index (χ4v) is 5.41. The molecule has 2 N–H and O–H groups in total. The quantitative estimate of drug-likeness (QED) is 0.840. The number of nitrogens with zero attached hydrogens (tertiary/aromatic N) is 1. The summed E-state index contributed by atoms with van der Waals surface area (Å²) in [5.74, 6) is 0. The number of amides is 2. The summed E-state index contributed by atoms with van der Waals surface area (Å²) in [6.45, 7) is 7.68. The molecule has 0 unspecified atom stereocenters. The summed E-state index contributed by atoms with van der Waals surface area (Å²) < 4.78 is 26.7. The molecule has 0 saturated heterocycles. The van der Waals surface area contributed by atoms with Crippen LogP contribution in [-0.2, 0) is 22.9 Å². The van der Waals surface area contributed by atoms with E-state index in [1.165, 1.54) is 22.7 Å². The lowest BCUT2D eigenvalue weighted by Gasteiger charge is -2.04. The first-order valence-electron chi connectivity index (χ1n) is 7.16. The molecule has 126 valence electrons. The van der Waals surface area contributed by atoms with E-state index >= 15 is 0 Å². The number of hydrogen-bond donors (Lipinski definition) is 2. The molecule has 9 heteroatoms. The van der Waals surface area contributed by atoms with E-state index in [1.807, 2.05) is 32.4 Å². The number of nitrogens with one attached hydrogen (secondary N) is 2. The van der Waals surface area contributed by atoms with Crippen LogP contribution in [0.4, 0.5) is 9.93 Å². The number of aryl methyl sites for hydroxylation is 4. The fraction of sp³-hybridized carbons (Fsp3) is 0.429. The number of sulfonamides is 1. The SMILES string of the molecule is CCc1sc(S(=O)(=O)NC(=O)Nc2nc(C)c(CC)s2)cc1C. The highest BCUT2D eigenvalue weighted by Crippen LogP contribution is 2.26. The van der Waals surface area contributed by atoms with Gasteiger partial charge in [0.05, 0.1) is 5.69 Å². The first kappa shape index (κ1) is 17.9. The Morgan fingerprint density at radius 2 is 1.83 bits per heavy atom. The maximum absolute atomic E-state index is 12.3. The molecule has 0 fully saturated rings. The van der Waals surface area contributed by atoms with Crippen molar-refractivity contribution >= 4 is 43.9 Å². The highest BCUT2D eigenvalue weighted by molar-refractivity contribution is 7.92. The van der Waals surface area contributed by atoms with Crippen molar-refractivity contribution in [3.63, 3.8) is 0 Å². The van der Waals surface area contributed by atoms with E-state index in [0.717, 1.165) is 33.9 Å². The number of thiazole rings is 1. The number of carbonyl (C=O) groups excluding carboxylic acids is 1. The molecule has 0 radical (unpaired) electrons. The normalized spacial score (nSPS) is 11.5. The molecule has 2 amide bonds. The van der Waals surface area contributed by atoms with E-state index in [2.05, 4.69) is 10.3 Å². The van der Waals surface area contributed by atoms with Gasteiger partial charge in [-0.15, -0.1) is 22.7 Å². The first-order valence-corrected chi connectivity index (χ1v) is 10.3. The average molecular weight is 374 g/mol. The zero-order valence-electron chi connectivity index (χ0n) is 13.4. The maximum Gasteiger partial charge on any atom is 0.334 e. The molecule has 0 saturated carbocycles. The van der Waals surface area contributed by atoms with Gasteiger partial charge in [-0.05, 0) is 38.3 Å². The van der Waals surface area contributed by atoms with Crippen LogP contribution in [0.2, 0.25) is 0 Å². The van der Waals surface area contributed by atoms with E-state index in [9.17, 15) is 13.2 Å². The summed E-state index contributed by atoms with van der Waals surface area (Å²) in [6.07, 6.45) is 1.58. The van der Waals surface area contributed by atoms with E-state index in [4.69, 9.17) is 0 Å². The number of anilines is 1. The lowest BCUT2D eigenvalue weighted by molar-refractivity contribution is 0.256. The summed E-state index contributed by atoms with van der Waals surface area (Å²) in [5.41, 5.74) is 1.76. The lowest BCUT2D eigenvalue weighted by Crippen LogP contribution is -2.33. The van der Waals surface area contributed by atoms with Gasteiger partial charge in [-0.3, -0.25) is 5.32 Å². The minimum atomic E-state index is -3.87. The molecule has 0 atom stereocenters. The molecule has 0 bridgehead atoms. The molecular formula is C14H19N3O3S3. The summed E-state index contributed by atoms with van der Waals surface area (Å²) in [7, 11) is -3.87. The Morgan fingerprint density at radius 3 is 2.35 bits per heavy atom. The van der Waals surface area contributed by atoms with Crippen molar-refractivity contribution in [3.05, 3.63) is 27.1 Å². The summed E-state index contributed by atoms with van der Waals surface area (Å²) in [6, 6.07) is 0.785. The molecule has 0 spiro atoms. The molecule has 0 aromatic carbocycles. The molecule has 2 aromatic rings. The molecule has 2 heterocycles. The van der Waals surface area contributed by atoms with Crippen LogP contribution < -0.4 is 10.0 Å². The van der Waals surface area contributed by atoms with Crippen LogP contribution in [0.15, 0.2) is 10.3 Å². The topological polar surface area (TPSA) is 88.2 Å². The molecule has 6 nitrogen and oxygen atoms in total. The fourth-order valence-electron chi connectivity index (χ4n) is 2.08.